The first-order valence-corrected chi connectivity index (χ1v) is 4.39. The van der Waals surface area contributed by atoms with Gasteiger partial charge in [0.2, 0.25) is 5.88 Å². The van der Waals surface area contributed by atoms with Crippen LogP contribution in [0.25, 0.3) is 0 Å². The van der Waals surface area contributed by atoms with Gasteiger partial charge >= 0.3 is 0 Å². The van der Waals surface area contributed by atoms with Crippen LogP contribution >= 0.6 is 0 Å². The number of hydrogen-bond acceptors (Lipinski definition) is 4. The van der Waals surface area contributed by atoms with Crippen LogP contribution in [0.1, 0.15) is 24.3 Å². The van der Waals surface area contributed by atoms with E-state index in [4.69, 9.17) is 5.11 Å². The van der Waals surface area contributed by atoms with Crippen LogP contribution in [-0.2, 0) is 0 Å². The molecule has 0 saturated heterocycles. The minimum atomic E-state index is -0.272. The normalized spacial score (nSPS) is 10.2. The van der Waals surface area contributed by atoms with Crippen LogP contribution in [0.4, 0.5) is 0 Å². The Bertz CT molecular complexity index is 308. The van der Waals surface area contributed by atoms with E-state index in [0.717, 1.165) is 6.20 Å². The second-order valence-electron chi connectivity index (χ2n) is 3.36. The molecule has 2 N–H and O–H groups in total. The van der Waals surface area contributed by atoms with Crippen LogP contribution in [0, 0.1) is 5.92 Å². The lowest BCUT2D eigenvalue weighted by molar-refractivity contribution is 0.0943. The van der Waals surface area contributed by atoms with Gasteiger partial charge in [-0.25, -0.2) is 9.97 Å². The fourth-order valence-corrected chi connectivity index (χ4v) is 0.826. The van der Waals surface area contributed by atoms with E-state index in [0.29, 0.717) is 12.5 Å². The largest absolute Gasteiger partial charge is 0.492 e. The predicted octanol–water partition coefficient (Wildman–Crippen LogP) is 0.568. The molecular formula is C9H13N3O2. The van der Waals surface area contributed by atoms with Gasteiger partial charge in [0.25, 0.3) is 5.91 Å². The van der Waals surface area contributed by atoms with Crippen LogP contribution in [0.15, 0.2) is 12.4 Å². The maximum absolute atomic E-state index is 11.4. The van der Waals surface area contributed by atoms with Gasteiger partial charge in [-0.2, -0.15) is 0 Å². The Hall–Kier alpha value is -1.65. The highest BCUT2D eigenvalue weighted by atomic mass is 16.3. The van der Waals surface area contributed by atoms with Crippen molar-refractivity contribution >= 4 is 5.91 Å². The second kappa shape index (κ2) is 4.55. The van der Waals surface area contributed by atoms with Gasteiger partial charge in [0.15, 0.2) is 0 Å². The Morgan fingerprint density at radius 1 is 1.50 bits per heavy atom. The summed E-state index contributed by atoms with van der Waals surface area (Å²) in [5.41, 5.74) is 0.212. The van der Waals surface area contributed by atoms with E-state index in [1.807, 2.05) is 13.8 Å². The fourth-order valence-electron chi connectivity index (χ4n) is 0.826. The number of nitrogens with zero attached hydrogens (tertiary/aromatic N) is 2. The molecular weight excluding hydrogens is 182 g/mol. The molecule has 0 aliphatic heterocycles. The zero-order valence-electron chi connectivity index (χ0n) is 8.19. The molecule has 1 aromatic rings. The molecule has 0 aliphatic rings. The lowest BCUT2D eigenvalue weighted by Crippen LogP contribution is -2.28. The maximum atomic E-state index is 11.4. The summed E-state index contributed by atoms with van der Waals surface area (Å²) in [4.78, 5) is 18.7. The fraction of sp³-hybridized carbons (Fsp3) is 0.444. The van der Waals surface area contributed by atoms with Crippen molar-refractivity contribution in [2.24, 2.45) is 5.92 Å². The second-order valence-corrected chi connectivity index (χ2v) is 3.36. The molecule has 0 fully saturated rings. The van der Waals surface area contributed by atoms with Crippen molar-refractivity contribution in [1.29, 1.82) is 0 Å². The molecule has 0 aliphatic carbocycles. The van der Waals surface area contributed by atoms with Crippen molar-refractivity contribution in [2.45, 2.75) is 13.8 Å². The van der Waals surface area contributed by atoms with Crippen LogP contribution in [-0.4, -0.2) is 27.5 Å². The van der Waals surface area contributed by atoms with E-state index in [1.54, 1.807) is 0 Å². The number of aromatic nitrogens is 2. The first kappa shape index (κ1) is 10.4. The first-order chi connectivity index (χ1) is 6.59. The predicted molar refractivity (Wildman–Crippen MR) is 50.9 cm³/mol. The smallest absolute Gasteiger partial charge is 0.271 e. The minimum Gasteiger partial charge on any atom is -0.492 e. The Balaban J connectivity index is 2.57. The van der Waals surface area contributed by atoms with Crippen molar-refractivity contribution in [3.63, 3.8) is 0 Å². The van der Waals surface area contributed by atoms with Crippen molar-refractivity contribution in [1.82, 2.24) is 15.3 Å². The SMILES string of the molecule is CC(C)CNC(=O)c1cnc(O)cn1. The summed E-state index contributed by atoms with van der Waals surface area (Å²) in [6.07, 6.45) is 2.38. The number of carbonyl (C=O) groups is 1. The standard InChI is InChI=1S/C9H13N3O2/c1-6(2)3-12-9(14)7-4-11-8(13)5-10-7/h4-6H,3H2,1-2H3,(H,11,13)(H,12,14). The number of carbonyl (C=O) groups excluding carboxylic acids is 1. The highest BCUT2D eigenvalue weighted by Gasteiger charge is 2.07. The third kappa shape index (κ3) is 3.01. The Morgan fingerprint density at radius 3 is 2.71 bits per heavy atom. The zero-order valence-corrected chi connectivity index (χ0v) is 8.19. The zero-order chi connectivity index (χ0) is 10.6. The van der Waals surface area contributed by atoms with Crippen molar-refractivity contribution in [2.75, 3.05) is 6.54 Å². The topological polar surface area (TPSA) is 75.1 Å². The van der Waals surface area contributed by atoms with Gasteiger partial charge in [-0.1, -0.05) is 13.8 Å². The Morgan fingerprint density at radius 2 is 2.21 bits per heavy atom. The third-order valence-electron chi connectivity index (χ3n) is 1.54. The molecule has 0 bridgehead atoms. The van der Waals surface area contributed by atoms with E-state index in [9.17, 15) is 4.79 Å². The highest BCUT2D eigenvalue weighted by molar-refractivity contribution is 5.91. The number of nitrogens with one attached hydrogen (secondary N) is 1. The summed E-state index contributed by atoms with van der Waals surface area (Å²) in [6, 6.07) is 0. The molecule has 1 heterocycles. The van der Waals surface area contributed by atoms with E-state index < -0.39 is 0 Å². The first-order valence-electron chi connectivity index (χ1n) is 4.39. The molecule has 1 amide bonds. The molecule has 1 aromatic heterocycles. The van der Waals surface area contributed by atoms with Gasteiger partial charge in [-0.3, -0.25) is 4.79 Å². The van der Waals surface area contributed by atoms with Crippen LogP contribution in [0.5, 0.6) is 5.88 Å². The van der Waals surface area contributed by atoms with E-state index >= 15 is 0 Å². The summed E-state index contributed by atoms with van der Waals surface area (Å²) in [5.74, 6) is -0.0689. The average molecular weight is 195 g/mol. The molecule has 0 saturated carbocycles. The number of rotatable bonds is 3. The molecule has 5 heteroatoms. The quantitative estimate of drug-likeness (QED) is 0.739. The number of aromatic hydroxyl groups is 1. The van der Waals surface area contributed by atoms with Crippen LogP contribution < -0.4 is 5.32 Å². The lowest BCUT2D eigenvalue weighted by Gasteiger charge is -2.06. The lowest BCUT2D eigenvalue weighted by atomic mass is 10.2. The van der Waals surface area contributed by atoms with E-state index in [1.165, 1.54) is 6.20 Å². The highest BCUT2D eigenvalue weighted by Crippen LogP contribution is 2.00. The maximum Gasteiger partial charge on any atom is 0.271 e. The monoisotopic (exact) mass is 195 g/mol. The molecule has 5 nitrogen and oxygen atoms in total. The van der Waals surface area contributed by atoms with Gasteiger partial charge in [-0.15, -0.1) is 0 Å². The summed E-state index contributed by atoms with van der Waals surface area (Å²) >= 11 is 0. The molecule has 0 aromatic carbocycles. The third-order valence-corrected chi connectivity index (χ3v) is 1.54. The van der Waals surface area contributed by atoms with Gasteiger partial charge in [0.05, 0.1) is 12.4 Å². The molecule has 1 rings (SSSR count). The molecule has 0 radical (unpaired) electrons. The van der Waals surface area contributed by atoms with Gasteiger partial charge in [-0.05, 0) is 5.92 Å². The average Bonchev–Trinajstić information content (AvgIpc) is 2.15. The van der Waals surface area contributed by atoms with Gasteiger partial charge < -0.3 is 10.4 Å². The minimum absolute atomic E-state index is 0.189. The summed E-state index contributed by atoms with van der Waals surface area (Å²) in [7, 11) is 0. The van der Waals surface area contributed by atoms with Crippen LogP contribution in [0.2, 0.25) is 0 Å². The Kier molecular flexibility index (Phi) is 3.39. The van der Waals surface area contributed by atoms with Crippen LogP contribution in [0.3, 0.4) is 0 Å². The molecule has 76 valence electrons. The Labute approximate surface area is 82.2 Å². The van der Waals surface area contributed by atoms with Crippen molar-refractivity contribution in [3.05, 3.63) is 18.1 Å². The molecule has 0 spiro atoms. The summed E-state index contributed by atoms with van der Waals surface area (Å²) in [6.45, 7) is 4.60. The van der Waals surface area contributed by atoms with Crippen molar-refractivity contribution in [3.8, 4) is 5.88 Å². The summed E-state index contributed by atoms with van der Waals surface area (Å²) < 4.78 is 0. The molecule has 0 atom stereocenters. The van der Waals surface area contributed by atoms with E-state index in [-0.39, 0.29) is 17.5 Å². The molecule has 14 heavy (non-hydrogen) atoms. The molecule has 0 unspecified atom stereocenters. The summed E-state index contributed by atoms with van der Waals surface area (Å²) in [5, 5.41) is 11.5. The van der Waals surface area contributed by atoms with E-state index in [2.05, 4.69) is 15.3 Å². The van der Waals surface area contributed by atoms with Gasteiger partial charge in [0.1, 0.15) is 5.69 Å². The number of hydrogen-bond donors (Lipinski definition) is 2. The number of amides is 1. The van der Waals surface area contributed by atoms with Gasteiger partial charge in [0, 0.05) is 6.54 Å². The van der Waals surface area contributed by atoms with Crippen molar-refractivity contribution < 1.29 is 9.90 Å².